The maximum atomic E-state index is 11.9. The zero-order chi connectivity index (χ0) is 24.2. The standard InChI is InChI=1S/C21H26N5O7P/c1-12-8-14(10-32-34(28)31-9-13-6-4-5-7-15(13)20(27)30-3)33-19(12)26-11-23-16-17(26)24-21(22)25-18(16)29-2/h4-7,11-12,14,19,28H,8-10H2,1-3H3,(H2,22,24,25). The molecule has 0 spiro atoms. The molecule has 34 heavy (non-hydrogen) atoms. The second-order valence-electron chi connectivity index (χ2n) is 7.73. The van der Waals surface area contributed by atoms with Gasteiger partial charge >= 0.3 is 14.6 Å². The minimum absolute atomic E-state index is 0.00200. The van der Waals surface area contributed by atoms with E-state index in [-0.39, 0.29) is 37.4 Å². The normalized spacial score (nSPS) is 21.0. The molecule has 4 rings (SSSR count). The number of fused-ring (bicyclic) bond motifs is 1. The average molecular weight is 491 g/mol. The molecule has 0 radical (unpaired) electrons. The van der Waals surface area contributed by atoms with Gasteiger partial charge in [-0.15, -0.1) is 0 Å². The van der Waals surface area contributed by atoms with E-state index >= 15 is 0 Å². The number of nitrogens with zero attached hydrogens (tertiary/aromatic N) is 4. The summed E-state index contributed by atoms with van der Waals surface area (Å²) in [6.45, 7) is 2.18. The topological polar surface area (TPSA) is 153 Å². The summed E-state index contributed by atoms with van der Waals surface area (Å²) in [5.41, 5.74) is 7.78. The van der Waals surface area contributed by atoms with Crippen molar-refractivity contribution >= 4 is 31.7 Å². The second-order valence-corrected chi connectivity index (χ2v) is 8.72. The molecule has 1 aliphatic heterocycles. The van der Waals surface area contributed by atoms with E-state index < -0.39 is 14.6 Å². The van der Waals surface area contributed by atoms with Crippen LogP contribution in [-0.2, 0) is 25.1 Å². The van der Waals surface area contributed by atoms with E-state index in [4.69, 9.17) is 29.0 Å². The van der Waals surface area contributed by atoms with Gasteiger partial charge in [-0.05, 0) is 18.1 Å². The van der Waals surface area contributed by atoms with Gasteiger partial charge < -0.3 is 33.9 Å². The smallest absolute Gasteiger partial charge is 0.338 e. The summed E-state index contributed by atoms with van der Waals surface area (Å²) in [5, 5.41) is 0. The van der Waals surface area contributed by atoms with E-state index in [0.29, 0.717) is 34.6 Å². The van der Waals surface area contributed by atoms with E-state index in [0.717, 1.165) is 0 Å². The van der Waals surface area contributed by atoms with Crippen molar-refractivity contribution in [1.29, 1.82) is 0 Å². The monoisotopic (exact) mass is 491 g/mol. The third kappa shape index (κ3) is 5.11. The first-order chi connectivity index (χ1) is 16.4. The van der Waals surface area contributed by atoms with Crippen LogP contribution in [-0.4, -0.2) is 57.3 Å². The fraction of sp³-hybridized carbons (Fsp3) is 0.429. The number of nitrogens with two attached hydrogens (primary N) is 1. The molecule has 4 atom stereocenters. The van der Waals surface area contributed by atoms with Gasteiger partial charge in [0.15, 0.2) is 11.2 Å². The average Bonchev–Trinajstić information content (AvgIpc) is 3.43. The van der Waals surface area contributed by atoms with Gasteiger partial charge in [0.2, 0.25) is 11.8 Å². The lowest BCUT2D eigenvalue weighted by atomic mass is 10.1. The molecule has 3 aromatic rings. The largest absolute Gasteiger partial charge is 0.479 e. The Labute approximate surface area is 197 Å². The van der Waals surface area contributed by atoms with Crippen LogP contribution in [0.2, 0.25) is 0 Å². The lowest BCUT2D eigenvalue weighted by Gasteiger charge is -2.18. The van der Waals surface area contributed by atoms with E-state index in [1.807, 2.05) is 6.92 Å². The van der Waals surface area contributed by atoms with Gasteiger partial charge in [-0.3, -0.25) is 4.57 Å². The van der Waals surface area contributed by atoms with Gasteiger partial charge in [-0.2, -0.15) is 9.97 Å². The Balaban J connectivity index is 1.34. The summed E-state index contributed by atoms with van der Waals surface area (Å²) < 4.78 is 28.9. The van der Waals surface area contributed by atoms with E-state index in [9.17, 15) is 9.69 Å². The van der Waals surface area contributed by atoms with Crippen LogP contribution in [0.25, 0.3) is 11.2 Å². The third-order valence-electron chi connectivity index (χ3n) is 5.45. The minimum atomic E-state index is -2.17. The number of carbonyl (C=O) groups excluding carboxylic acids is 1. The Morgan fingerprint density at radius 2 is 2.09 bits per heavy atom. The highest BCUT2D eigenvalue weighted by Crippen LogP contribution is 2.40. The molecule has 0 aliphatic carbocycles. The minimum Gasteiger partial charge on any atom is -0.479 e. The van der Waals surface area contributed by atoms with Gasteiger partial charge in [-0.1, -0.05) is 25.1 Å². The zero-order valence-corrected chi connectivity index (χ0v) is 19.8. The number of hydrogen-bond acceptors (Lipinski definition) is 11. The number of aromatic nitrogens is 4. The number of carbonyl (C=O) groups is 1. The van der Waals surface area contributed by atoms with Crippen molar-refractivity contribution in [3.63, 3.8) is 0 Å². The second kappa shape index (κ2) is 10.6. The first-order valence-corrected chi connectivity index (χ1v) is 11.6. The molecule has 3 heterocycles. The predicted molar refractivity (Wildman–Crippen MR) is 122 cm³/mol. The van der Waals surface area contributed by atoms with Gasteiger partial charge in [-0.25, -0.2) is 9.78 Å². The van der Waals surface area contributed by atoms with Gasteiger partial charge in [0.25, 0.3) is 0 Å². The Hall–Kier alpha value is -2.89. The van der Waals surface area contributed by atoms with Crippen LogP contribution in [0.1, 0.15) is 35.5 Å². The summed E-state index contributed by atoms with van der Waals surface area (Å²) in [6.07, 6.45) is 1.68. The van der Waals surface area contributed by atoms with Crippen LogP contribution >= 0.6 is 8.60 Å². The van der Waals surface area contributed by atoms with E-state index in [1.165, 1.54) is 14.2 Å². The third-order valence-corrected chi connectivity index (χ3v) is 6.17. The quantitative estimate of drug-likeness (QED) is 0.335. The van der Waals surface area contributed by atoms with Crippen molar-refractivity contribution < 1.29 is 32.9 Å². The number of esters is 1. The van der Waals surface area contributed by atoms with Crippen molar-refractivity contribution in [2.24, 2.45) is 5.92 Å². The first-order valence-electron chi connectivity index (χ1n) is 10.5. The molecule has 0 amide bonds. The maximum Gasteiger partial charge on any atom is 0.338 e. The Bertz CT molecular complexity index is 1160. The molecule has 0 saturated carbocycles. The number of benzene rings is 1. The van der Waals surface area contributed by atoms with E-state index in [2.05, 4.69) is 15.0 Å². The molecule has 13 heteroatoms. The molecule has 3 N–H and O–H groups in total. The molecule has 1 aliphatic rings. The highest BCUT2D eigenvalue weighted by molar-refractivity contribution is 7.40. The molecule has 1 fully saturated rings. The van der Waals surface area contributed by atoms with Crippen LogP contribution in [0.4, 0.5) is 5.95 Å². The van der Waals surface area contributed by atoms with Gasteiger partial charge in [0.05, 0.1) is 45.4 Å². The number of nitrogen functional groups attached to an aromatic ring is 1. The predicted octanol–water partition coefficient (Wildman–Crippen LogP) is 2.58. The van der Waals surface area contributed by atoms with Gasteiger partial charge in [0, 0.05) is 5.92 Å². The fourth-order valence-corrected chi connectivity index (χ4v) is 4.48. The number of anilines is 1. The first kappa shape index (κ1) is 24.2. The summed E-state index contributed by atoms with van der Waals surface area (Å²) >= 11 is 0. The van der Waals surface area contributed by atoms with Crippen LogP contribution in [0, 0.1) is 5.92 Å². The van der Waals surface area contributed by atoms with Gasteiger partial charge in [0.1, 0.15) is 6.23 Å². The van der Waals surface area contributed by atoms with E-state index in [1.54, 1.807) is 35.2 Å². The van der Waals surface area contributed by atoms with Crippen molar-refractivity contribution in [3.8, 4) is 5.88 Å². The Morgan fingerprint density at radius 1 is 1.29 bits per heavy atom. The number of ether oxygens (including phenoxy) is 3. The fourth-order valence-electron chi connectivity index (χ4n) is 3.86. The summed E-state index contributed by atoms with van der Waals surface area (Å²) in [7, 11) is 0.626. The summed E-state index contributed by atoms with van der Waals surface area (Å²) in [6, 6.07) is 6.85. The highest BCUT2D eigenvalue weighted by atomic mass is 31.2. The lowest BCUT2D eigenvalue weighted by molar-refractivity contribution is -0.0277. The number of imidazole rings is 1. The van der Waals surface area contributed by atoms with Crippen LogP contribution in [0.5, 0.6) is 5.88 Å². The van der Waals surface area contributed by atoms with Crippen LogP contribution < -0.4 is 10.5 Å². The van der Waals surface area contributed by atoms with Crippen LogP contribution in [0.15, 0.2) is 30.6 Å². The molecular weight excluding hydrogens is 465 g/mol. The molecule has 0 bridgehead atoms. The summed E-state index contributed by atoms with van der Waals surface area (Å²) in [5.74, 6) is 0.0153. The lowest BCUT2D eigenvalue weighted by Crippen LogP contribution is -2.16. The van der Waals surface area contributed by atoms with Crippen molar-refractivity contribution in [1.82, 2.24) is 19.5 Å². The Kier molecular flexibility index (Phi) is 7.54. The van der Waals surface area contributed by atoms with Crippen molar-refractivity contribution in [3.05, 3.63) is 41.7 Å². The molecule has 2 aromatic heterocycles. The summed E-state index contributed by atoms with van der Waals surface area (Å²) in [4.78, 5) is 34.7. The zero-order valence-electron chi connectivity index (χ0n) is 19.0. The van der Waals surface area contributed by atoms with Crippen LogP contribution in [0.3, 0.4) is 0 Å². The molecular formula is C21H26N5O7P. The molecule has 1 aromatic carbocycles. The SMILES string of the molecule is COC(=O)c1ccccc1COP(O)OCC1CC(C)C(n2cnc3c(OC)nc(N)nc32)O1. The number of rotatable bonds is 9. The molecule has 4 unspecified atom stereocenters. The Morgan fingerprint density at radius 3 is 2.85 bits per heavy atom. The van der Waals surface area contributed by atoms with Crippen molar-refractivity contribution in [2.45, 2.75) is 32.3 Å². The maximum absolute atomic E-state index is 11.9. The number of methoxy groups -OCH3 is 2. The molecule has 1 saturated heterocycles. The highest BCUT2D eigenvalue weighted by Gasteiger charge is 2.35. The molecule has 12 nitrogen and oxygen atoms in total. The number of hydrogen-bond donors (Lipinski definition) is 2. The van der Waals surface area contributed by atoms with Crippen molar-refractivity contribution in [2.75, 3.05) is 26.6 Å². The molecule has 182 valence electrons.